The lowest BCUT2D eigenvalue weighted by Gasteiger charge is -2.40. The number of carbonyl (C=O) groups is 1. The minimum absolute atomic E-state index is 0.133. The van der Waals surface area contributed by atoms with E-state index in [2.05, 4.69) is 19.2 Å². The fraction of sp³-hybridized carbons (Fsp3) is 0.983. The Bertz CT molecular complexity index is 1050. The van der Waals surface area contributed by atoms with Gasteiger partial charge in [0.15, 0.2) is 6.29 Å². The van der Waals surface area contributed by atoms with E-state index >= 15 is 0 Å². The van der Waals surface area contributed by atoms with E-state index in [1.165, 1.54) is 257 Å². The summed E-state index contributed by atoms with van der Waals surface area (Å²) in [5, 5.41) is 54.2. The summed E-state index contributed by atoms with van der Waals surface area (Å²) in [5.41, 5.74) is 0. The van der Waals surface area contributed by atoms with Crippen molar-refractivity contribution >= 4 is 5.91 Å². The summed E-state index contributed by atoms with van der Waals surface area (Å²) >= 11 is 0. The van der Waals surface area contributed by atoms with Crippen molar-refractivity contribution in [1.82, 2.24) is 5.32 Å². The smallest absolute Gasteiger partial charge is 0.220 e. The van der Waals surface area contributed by atoms with Crippen LogP contribution in [0.25, 0.3) is 0 Å². The van der Waals surface area contributed by atoms with Gasteiger partial charge in [0.05, 0.1) is 25.4 Å². The number of unbranched alkanes of at least 4 members (excludes halogenated alkanes) is 44. The number of hydrogen-bond acceptors (Lipinski definition) is 8. The van der Waals surface area contributed by atoms with Crippen LogP contribution in [0.1, 0.15) is 322 Å². The molecule has 0 aliphatic carbocycles. The second-order valence-electron chi connectivity index (χ2n) is 21.9. The zero-order valence-electron chi connectivity index (χ0n) is 45.9. The van der Waals surface area contributed by atoms with Gasteiger partial charge in [-0.25, -0.2) is 0 Å². The number of rotatable bonds is 54. The van der Waals surface area contributed by atoms with Crippen LogP contribution >= 0.6 is 0 Å². The van der Waals surface area contributed by atoms with Crippen LogP contribution < -0.4 is 5.32 Å². The molecule has 1 amide bonds. The number of carbonyl (C=O) groups excluding carboxylic acids is 1. The third-order valence-electron chi connectivity index (χ3n) is 15.2. The fourth-order valence-corrected chi connectivity index (χ4v) is 10.3. The molecule has 1 aliphatic heterocycles. The van der Waals surface area contributed by atoms with E-state index < -0.39 is 49.5 Å². The van der Waals surface area contributed by atoms with Crippen LogP contribution in [-0.4, -0.2) is 87.5 Å². The Kier molecular flexibility index (Phi) is 48.7. The molecule has 9 nitrogen and oxygen atoms in total. The minimum Gasteiger partial charge on any atom is -0.394 e. The summed E-state index contributed by atoms with van der Waals surface area (Å²) in [6.07, 6.45) is 55.1. The molecule has 1 heterocycles. The van der Waals surface area contributed by atoms with Gasteiger partial charge in [-0.2, -0.15) is 0 Å². The maximum atomic E-state index is 13.0. The van der Waals surface area contributed by atoms with Gasteiger partial charge in [-0.05, 0) is 12.8 Å². The van der Waals surface area contributed by atoms with Gasteiger partial charge in [-0.3, -0.25) is 4.79 Å². The molecule has 1 fully saturated rings. The highest BCUT2D eigenvalue weighted by molar-refractivity contribution is 5.76. The first kappa shape index (κ1) is 66.2. The van der Waals surface area contributed by atoms with Crippen LogP contribution in [0.15, 0.2) is 0 Å². The maximum Gasteiger partial charge on any atom is 0.220 e. The second kappa shape index (κ2) is 50.7. The van der Waals surface area contributed by atoms with Gasteiger partial charge in [-0.15, -0.1) is 0 Å². The first-order valence-corrected chi connectivity index (χ1v) is 30.7. The Labute approximate surface area is 427 Å². The molecule has 0 aromatic heterocycles. The predicted octanol–water partition coefficient (Wildman–Crippen LogP) is 15.4. The molecule has 412 valence electrons. The van der Waals surface area contributed by atoms with Gasteiger partial charge in [0, 0.05) is 6.42 Å². The quantitative estimate of drug-likeness (QED) is 0.0330. The molecule has 1 rings (SSSR count). The highest BCUT2D eigenvalue weighted by Gasteiger charge is 2.44. The minimum atomic E-state index is -1.55. The Hall–Kier alpha value is -0.810. The molecule has 0 saturated carbocycles. The molecular weight excluding hydrogens is 863 g/mol. The Morgan fingerprint density at radius 2 is 0.725 bits per heavy atom. The highest BCUT2D eigenvalue weighted by Crippen LogP contribution is 2.24. The van der Waals surface area contributed by atoms with E-state index in [4.69, 9.17) is 9.47 Å². The Morgan fingerprint density at radius 1 is 0.435 bits per heavy atom. The van der Waals surface area contributed by atoms with Crippen LogP contribution in [-0.2, 0) is 14.3 Å². The number of nitrogens with one attached hydrogen (secondary N) is 1. The Morgan fingerprint density at radius 3 is 1.03 bits per heavy atom. The number of hydrogen-bond donors (Lipinski definition) is 6. The van der Waals surface area contributed by atoms with E-state index in [0.29, 0.717) is 12.8 Å². The normalized spacial score (nSPS) is 19.3. The summed E-state index contributed by atoms with van der Waals surface area (Å²) in [7, 11) is 0. The lowest BCUT2D eigenvalue weighted by molar-refractivity contribution is -0.302. The summed E-state index contributed by atoms with van der Waals surface area (Å²) in [6.45, 7) is 3.82. The highest BCUT2D eigenvalue weighted by atomic mass is 16.7. The third-order valence-corrected chi connectivity index (χ3v) is 15.2. The number of amides is 1. The average molecular weight is 983 g/mol. The molecule has 7 unspecified atom stereocenters. The van der Waals surface area contributed by atoms with Gasteiger partial charge in [0.1, 0.15) is 24.4 Å². The molecule has 9 heteroatoms. The molecule has 1 aliphatic rings. The fourth-order valence-electron chi connectivity index (χ4n) is 10.3. The molecule has 0 radical (unpaired) electrons. The summed E-state index contributed by atoms with van der Waals surface area (Å²) in [5.74, 6) is -0.141. The molecule has 0 aromatic rings. The molecule has 0 aromatic carbocycles. The van der Waals surface area contributed by atoms with Crippen molar-refractivity contribution in [2.24, 2.45) is 0 Å². The monoisotopic (exact) mass is 982 g/mol. The van der Waals surface area contributed by atoms with Crippen molar-refractivity contribution in [2.75, 3.05) is 13.2 Å². The van der Waals surface area contributed by atoms with Crippen LogP contribution in [0, 0.1) is 0 Å². The molecular formula is C60H119NO8. The van der Waals surface area contributed by atoms with Gasteiger partial charge in [-0.1, -0.05) is 303 Å². The molecule has 1 saturated heterocycles. The lowest BCUT2D eigenvalue weighted by atomic mass is 9.99. The van der Waals surface area contributed by atoms with Gasteiger partial charge in [0.25, 0.3) is 0 Å². The molecule has 69 heavy (non-hydrogen) atoms. The first-order chi connectivity index (χ1) is 33.8. The SMILES string of the molecule is CCCCCCCCCCCCCCCCCCCCCCCCCCCCCCCCCCCCCCCCCC(=O)NC(COC1OC(CO)C(O)C(O)C1O)C(O)CCCCCCCCC. The van der Waals surface area contributed by atoms with E-state index in [0.717, 1.165) is 38.5 Å². The van der Waals surface area contributed by atoms with E-state index in [9.17, 15) is 30.3 Å². The van der Waals surface area contributed by atoms with Crippen molar-refractivity contribution in [3.05, 3.63) is 0 Å². The van der Waals surface area contributed by atoms with Crippen LogP contribution in [0.5, 0.6) is 0 Å². The van der Waals surface area contributed by atoms with Crippen molar-refractivity contribution in [3.8, 4) is 0 Å². The lowest BCUT2D eigenvalue weighted by Crippen LogP contribution is -2.60. The largest absolute Gasteiger partial charge is 0.394 e. The van der Waals surface area contributed by atoms with E-state index in [1.807, 2.05) is 0 Å². The van der Waals surface area contributed by atoms with Crippen molar-refractivity contribution in [3.63, 3.8) is 0 Å². The van der Waals surface area contributed by atoms with Gasteiger partial charge in [0.2, 0.25) is 5.91 Å². The summed E-state index contributed by atoms with van der Waals surface area (Å²) < 4.78 is 11.2. The van der Waals surface area contributed by atoms with E-state index in [1.54, 1.807) is 0 Å². The number of ether oxygens (including phenoxy) is 2. The van der Waals surface area contributed by atoms with Crippen LogP contribution in [0.4, 0.5) is 0 Å². The van der Waals surface area contributed by atoms with Gasteiger partial charge < -0.3 is 40.3 Å². The maximum absolute atomic E-state index is 13.0. The molecule has 0 spiro atoms. The summed E-state index contributed by atoms with van der Waals surface area (Å²) in [6, 6.07) is -0.711. The van der Waals surface area contributed by atoms with Gasteiger partial charge >= 0.3 is 0 Å². The van der Waals surface area contributed by atoms with Crippen molar-refractivity contribution in [2.45, 2.75) is 365 Å². The summed E-state index contributed by atoms with van der Waals surface area (Å²) in [4.78, 5) is 13.0. The molecule has 6 N–H and O–H groups in total. The zero-order chi connectivity index (χ0) is 50.1. The van der Waals surface area contributed by atoms with E-state index in [-0.39, 0.29) is 12.5 Å². The topological polar surface area (TPSA) is 149 Å². The number of aliphatic hydroxyl groups excluding tert-OH is 5. The second-order valence-corrected chi connectivity index (χ2v) is 21.9. The standard InChI is InChI=1S/C60H119NO8/c1-3-5-7-9-11-12-13-14-15-16-17-18-19-20-21-22-23-24-25-26-27-28-29-30-31-32-33-34-35-36-37-38-39-40-41-42-44-46-48-50-56(64)61-53(54(63)49-47-45-43-10-8-6-4-2)52-68-60-59(67)58(66)57(65)55(51-62)69-60/h53-55,57-60,62-63,65-67H,3-52H2,1-2H3,(H,61,64). The van der Waals surface area contributed by atoms with Crippen LogP contribution in [0.3, 0.4) is 0 Å². The van der Waals surface area contributed by atoms with Crippen molar-refractivity contribution in [1.29, 1.82) is 0 Å². The first-order valence-electron chi connectivity index (χ1n) is 30.7. The molecule has 7 atom stereocenters. The van der Waals surface area contributed by atoms with Crippen molar-refractivity contribution < 1.29 is 39.8 Å². The average Bonchev–Trinajstić information content (AvgIpc) is 3.35. The third kappa shape index (κ3) is 40.3. The number of aliphatic hydroxyl groups is 5. The Balaban J connectivity index is 1.92. The molecule has 0 bridgehead atoms. The predicted molar refractivity (Wildman–Crippen MR) is 291 cm³/mol. The zero-order valence-corrected chi connectivity index (χ0v) is 45.9. The van der Waals surface area contributed by atoms with Crippen LogP contribution in [0.2, 0.25) is 0 Å².